The zero-order chi connectivity index (χ0) is 37.8. The third-order valence-electron chi connectivity index (χ3n) is 10.8. The van der Waals surface area contributed by atoms with Gasteiger partial charge in [-0.05, 0) is 92.6 Å². The second-order valence-electron chi connectivity index (χ2n) is 14.2. The van der Waals surface area contributed by atoms with Crippen molar-refractivity contribution in [2.24, 2.45) is 5.73 Å². The van der Waals surface area contributed by atoms with Crippen LogP contribution < -0.4 is 11.1 Å². The van der Waals surface area contributed by atoms with Gasteiger partial charge in [-0.25, -0.2) is 8.78 Å². The number of carbonyl (C=O) groups is 3. The minimum atomic E-state index is -1.05. The number of nitrogens with two attached hydrogens (primary N) is 1. The van der Waals surface area contributed by atoms with E-state index >= 15 is 0 Å². The summed E-state index contributed by atoms with van der Waals surface area (Å²) in [4.78, 5) is 47.1. The van der Waals surface area contributed by atoms with E-state index in [9.17, 15) is 23.2 Å². The molecular formula is C42H55F2N5O3. The molecule has 1 unspecified atom stereocenters. The van der Waals surface area contributed by atoms with Crippen molar-refractivity contribution in [1.82, 2.24) is 20.0 Å². The van der Waals surface area contributed by atoms with Crippen molar-refractivity contribution in [1.29, 1.82) is 0 Å². The Labute approximate surface area is 308 Å². The number of hydrogen-bond acceptors (Lipinski definition) is 5. The summed E-state index contributed by atoms with van der Waals surface area (Å²) >= 11 is 0. The quantitative estimate of drug-likeness (QED) is 0.164. The van der Waals surface area contributed by atoms with Crippen LogP contribution in [0.15, 0.2) is 84.9 Å². The highest BCUT2D eigenvalue weighted by Crippen LogP contribution is 2.23. The van der Waals surface area contributed by atoms with Gasteiger partial charge in [-0.2, -0.15) is 0 Å². The predicted molar refractivity (Wildman–Crippen MR) is 203 cm³/mol. The fourth-order valence-corrected chi connectivity index (χ4v) is 6.79. The number of rotatable bonds is 17. The number of amides is 3. The summed E-state index contributed by atoms with van der Waals surface area (Å²) < 4.78 is 28.2. The summed E-state index contributed by atoms with van der Waals surface area (Å²) in [5.74, 6) is -3.25. The van der Waals surface area contributed by atoms with E-state index in [1.165, 1.54) is 29.0 Å². The van der Waals surface area contributed by atoms with Crippen molar-refractivity contribution >= 4 is 17.7 Å². The summed E-state index contributed by atoms with van der Waals surface area (Å²) in [6, 6.07) is 19.6. The van der Waals surface area contributed by atoms with Crippen molar-refractivity contribution in [3.8, 4) is 11.1 Å². The van der Waals surface area contributed by atoms with Crippen LogP contribution in [0, 0.1) is 11.6 Å². The maximum Gasteiger partial charge on any atom is 0.246 e. The van der Waals surface area contributed by atoms with Crippen LogP contribution >= 0.6 is 0 Å². The van der Waals surface area contributed by atoms with Crippen LogP contribution in [0.25, 0.3) is 11.1 Å². The first-order chi connectivity index (χ1) is 24.9. The average molecular weight is 716 g/mol. The highest BCUT2D eigenvalue weighted by molar-refractivity contribution is 5.95. The number of halogens is 2. The Hall–Kier alpha value is -4.41. The number of likely N-dealkylation sites (N-methyl/N-ethyl adjacent to an activating group) is 2. The van der Waals surface area contributed by atoms with Crippen LogP contribution in [0.4, 0.5) is 8.78 Å². The molecule has 1 aliphatic rings. The van der Waals surface area contributed by atoms with Crippen molar-refractivity contribution in [3.63, 3.8) is 0 Å². The number of nitrogens with one attached hydrogen (secondary N) is 1. The minimum absolute atomic E-state index is 0.0444. The lowest BCUT2D eigenvalue weighted by atomic mass is 9.90. The van der Waals surface area contributed by atoms with E-state index in [-0.39, 0.29) is 18.7 Å². The Morgan fingerprint density at radius 1 is 0.904 bits per heavy atom. The topological polar surface area (TPSA) is 99.0 Å². The molecule has 0 bridgehead atoms. The van der Waals surface area contributed by atoms with Crippen LogP contribution in [0.3, 0.4) is 0 Å². The lowest BCUT2D eigenvalue weighted by Crippen LogP contribution is -2.56. The monoisotopic (exact) mass is 715 g/mol. The van der Waals surface area contributed by atoms with Crippen LogP contribution in [0.2, 0.25) is 0 Å². The summed E-state index contributed by atoms with van der Waals surface area (Å²) in [6.45, 7) is 5.44. The van der Waals surface area contributed by atoms with E-state index < -0.39 is 41.1 Å². The third kappa shape index (κ3) is 10.8. The molecule has 3 atom stereocenters. The molecule has 1 heterocycles. The Morgan fingerprint density at radius 2 is 1.54 bits per heavy atom. The minimum Gasteiger partial charge on any atom is -0.354 e. The molecule has 3 amide bonds. The molecule has 10 heteroatoms. The number of benzene rings is 3. The van der Waals surface area contributed by atoms with Gasteiger partial charge in [-0.15, -0.1) is 0 Å². The maximum atomic E-state index is 14.6. The van der Waals surface area contributed by atoms with Gasteiger partial charge >= 0.3 is 0 Å². The molecule has 1 saturated heterocycles. The summed E-state index contributed by atoms with van der Waals surface area (Å²) in [7, 11) is 5.18. The van der Waals surface area contributed by atoms with Gasteiger partial charge in [-0.3, -0.25) is 14.4 Å². The zero-order valence-electron chi connectivity index (χ0n) is 31.3. The molecule has 1 fully saturated rings. The van der Waals surface area contributed by atoms with Gasteiger partial charge in [0.15, 0.2) is 11.6 Å². The first-order valence-electron chi connectivity index (χ1n) is 18.4. The third-order valence-corrected chi connectivity index (χ3v) is 10.8. The highest BCUT2D eigenvalue weighted by Gasteiger charge is 2.35. The SMILES string of the molecule is CCC(N)(CC)C/C=C/C(=O)N(C)[C@H](Cc1ccc(-c2ccccc2)cc1)C(=O)N(C)[C@H](Cc1ccc(F)c(F)c1)C(=O)NCCC1CCCN1C. The van der Waals surface area contributed by atoms with Gasteiger partial charge < -0.3 is 25.8 Å². The molecule has 0 radical (unpaired) electrons. The molecule has 4 rings (SSSR count). The Morgan fingerprint density at radius 3 is 2.15 bits per heavy atom. The maximum absolute atomic E-state index is 14.6. The van der Waals surface area contributed by atoms with E-state index in [0.29, 0.717) is 24.6 Å². The fourth-order valence-electron chi connectivity index (χ4n) is 6.79. The van der Waals surface area contributed by atoms with Crippen molar-refractivity contribution in [2.75, 3.05) is 34.2 Å². The van der Waals surface area contributed by atoms with Gasteiger partial charge in [0.25, 0.3) is 0 Å². The first-order valence-corrected chi connectivity index (χ1v) is 18.4. The highest BCUT2D eigenvalue weighted by atomic mass is 19.2. The molecule has 0 aliphatic carbocycles. The molecule has 0 saturated carbocycles. The Bertz CT molecular complexity index is 1660. The molecule has 280 valence electrons. The van der Waals surface area contributed by atoms with E-state index in [1.807, 2.05) is 68.4 Å². The van der Waals surface area contributed by atoms with E-state index in [2.05, 4.69) is 17.3 Å². The number of carbonyl (C=O) groups excluding carboxylic acids is 3. The van der Waals surface area contributed by atoms with Crippen molar-refractivity contribution in [2.45, 2.75) is 88.9 Å². The molecule has 3 aromatic carbocycles. The Balaban J connectivity index is 1.61. The average Bonchev–Trinajstić information content (AvgIpc) is 3.57. The molecule has 0 aromatic heterocycles. The van der Waals surface area contributed by atoms with Crippen LogP contribution in [-0.2, 0) is 27.2 Å². The Kier molecular flexibility index (Phi) is 14.7. The number of hydrogen-bond donors (Lipinski definition) is 2. The normalized spacial score (nSPS) is 16.1. The lowest BCUT2D eigenvalue weighted by molar-refractivity contribution is -0.146. The summed E-state index contributed by atoms with van der Waals surface area (Å²) in [5, 5.41) is 3.00. The predicted octanol–water partition coefficient (Wildman–Crippen LogP) is 6.14. The second-order valence-corrected chi connectivity index (χ2v) is 14.2. The van der Waals surface area contributed by atoms with Gasteiger partial charge in [0.05, 0.1) is 0 Å². The molecule has 52 heavy (non-hydrogen) atoms. The molecule has 3 N–H and O–H groups in total. The van der Waals surface area contributed by atoms with E-state index in [0.717, 1.165) is 67.5 Å². The van der Waals surface area contributed by atoms with Crippen LogP contribution in [-0.4, -0.2) is 90.3 Å². The number of likely N-dealkylation sites (tertiary alicyclic amines) is 1. The van der Waals surface area contributed by atoms with Crippen LogP contribution in [0.5, 0.6) is 0 Å². The number of nitrogens with zero attached hydrogens (tertiary/aromatic N) is 3. The summed E-state index contributed by atoms with van der Waals surface area (Å²) in [5.41, 5.74) is 9.30. The zero-order valence-corrected chi connectivity index (χ0v) is 31.3. The van der Waals surface area contributed by atoms with Gasteiger partial charge in [0.2, 0.25) is 17.7 Å². The first kappa shape index (κ1) is 40.4. The van der Waals surface area contributed by atoms with Gasteiger partial charge in [-0.1, -0.05) is 80.6 Å². The fraction of sp³-hybridized carbons (Fsp3) is 0.452. The van der Waals surface area contributed by atoms with Gasteiger partial charge in [0.1, 0.15) is 12.1 Å². The van der Waals surface area contributed by atoms with Crippen molar-refractivity contribution < 1.29 is 23.2 Å². The van der Waals surface area contributed by atoms with E-state index in [4.69, 9.17) is 5.73 Å². The van der Waals surface area contributed by atoms with E-state index in [1.54, 1.807) is 13.1 Å². The summed E-state index contributed by atoms with van der Waals surface area (Å²) in [6.07, 6.45) is 8.27. The molecular weight excluding hydrogens is 660 g/mol. The van der Waals surface area contributed by atoms with Crippen molar-refractivity contribution in [3.05, 3.63) is 108 Å². The smallest absolute Gasteiger partial charge is 0.246 e. The second kappa shape index (κ2) is 18.9. The van der Waals surface area contributed by atoms with Crippen LogP contribution in [0.1, 0.15) is 63.5 Å². The lowest BCUT2D eigenvalue weighted by Gasteiger charge is -2.34. The molecule has 0 spiro atoms. The molecule has 1 aliphatic heterocycles. The molecule has 3 aromatic rings. The largest absolute Gasteiger partial charge is 0.354 e. The van der Waals surface area contributed by atoms with Gasteiger partial charge in [0, 0.05) is 45.1 Å². The molecule has 8 nitrogen and oxygen atoms in total. The standard InChI is InChI=1S/C42H55F2N5O3/c1-6-42(45,7-2)24-11-16-39(50)48(4)38(28-30-17-20-33(21-18-30)32-13-9-8-10-14-32)41(52)49(5)37(29-31-19-22-35(43)36(44)27-31)40(51)46-25-23-34-15-12-26-47(34)3/h8-11,13-14,16-22,27,34,37-38H,6-7,12,15,23-26,28-29,45H2,1-5H3,(H,46,51)/b16-11+/t34?,37-,38-/m1/s1.